The van der Waals surface area contributed by atoms with E-state index in [0.717, 1.165) is 50.4 Å². The highest BCUT2D eigenvalue weighted by Gasteiger charge is 2.30. The van der Waals surface area contributed by atoms with Crippen molar-refractivity contribution in [2.75, 3.05) is 39.3 Å². The lowest BCUT2D eigenvalue weighted by atomic mass is 9.94. The molecule has 1 aromatic heterocycles. The van der Waals surface area contributed by atoms with Gasteiger partial charge in [-0.2, -0.15) is 0 Å². The number of nitrogens with one attached hydrogen (secondary N) is 1. The molecule has 0 radical (unpaired) electrons. The van der Waals surface area contributed by atoms with Crippen LogP contribution in [0.4, 0.5) is 4.79 Å². The molecular formula is C19H29N3O3S. The predicted octanol–water partition coefficient (Wildman–Crippen LogP) is 2.81. The second kappa shape index (κ2) is 9.37. The summed E-state index contributed by atoms with van der Waals surface area (Å²) in [6.07, 6.45) is 4.18. The minimum atomic E-state index is -0.182. The first kappa shape index (κ1) is 19.2. The molecule has 0 unspecified atom stereocenters. The van der Waals surface area contributed by atoms with Gasteiger partial charge < -0.3 is 15.0 Å². The average Bonchev–Trinajstić information content (AvgIpc) is 3.22. The highest BCUT2D eigenvalue weighted by atomic mass is 32.1. The lowest BCUT2D eigenvalue weighted by molar-refractivity contribution is 0.0574. The Morgan fingerprint density at radius 3 is 2.77 bits per heavy atom. The molecule has 2 saturated heterocycles. The quantitative estimate of drug-likeness (QED) is 0.855. The van der Waals surface area contributed by atoms with Gasteiger partial charge in [0, 0.05) is 32.2 Å². The Balaban J connectivity index is 1.42. The summed E-state index contributed by atoms with van der Waals surface area (Å²) in [6.45, 7) is 6.74. The molecule has 1 N–H and O–H groups in total. The predicted molar refractivity (Wildman–Crippen MR) is 103 cm³/mol. The maximum Gasteiger partial charge on any atom is 0.409 e. The van der Waals surface area contributed by atoms with Crippen LogP contribution >= 0.6 is 11.3 Å². The van der Waals surface area contributed by atoms with Gasteiger partial charge in [0.25, 0.3) is 5.91 Å². The highest BCUT2D eigenvalue weighted by Crippen LogP contribution is 2.24. The summed E-state index contributed by atoms with van der Waals surface area (Å²) >= 11 is 1.48. The molecule has 0 spiro atoms. The van der Waals surface area contributed by atoms with Gasteiger partial charge in [0.15, 0.2) is 0 Å². The summed E-state index contributed by atoms with van der Waals surface area (Å²) in [5.74, 6) is 0.551. The van der Waals surface area contributed by atoms with Gasteiger partial charge >= 0.3 is 6.09 Å². The van der Waals surface area contributed by atoms with Crippen LogP contribution < -0.4 is 5.32 Å². The second-order valence-corrected chi connectivity index (χ2v) is 8.06. The van der Waals surface area contributed by atoms with Crippen LogP contribution in [0.5, 0.6) is 0 Å². The number of thiophene rings is 1. The van der Waals surface area contributed by atoms with Crippen LogP contribution in [0.15, 0.2) is 17.5 Å². The first-order valence-electron chi connectivity index (χ1n) is 9.64. The van der Waals surface area contributed by atoms with Crippen molar-refractivity contribution in [2.45, 2.75) is 38.6 Å². The lowest BCUT2D eigenvalue weighted by Crippen LogP contribution is -2.50. The molecule has 3 rings (SSSR count). The fourth-order valence-corrected chi connectivity index (χ4v) is 4.60. The minimum absolute atomic E-state index is 0.0415. The molecule has 26 heavy (non-hydrogen) atoms. The van der Waals surface area contributed by atoms with Crippen molar-refractivity contribution in [1.82, 2.24) is 15.1 Å². The number of rotatable bonds is 5. The Hall–Kier alpha value is -1.60. The zero-order valence-electron chi connectivity index (χ0n) is 15.5. The number of carbonyl (C=O) groups is 2. The standard InChI is InChI=1S/C19H29N3O3S/c1-2-25-19(24)21-10-7-16(8-11-21)22-9-3-5-15(14-22)13-20-18(23)17-6-4-12-26-17/h4,6,12,15-16H,2-3,5,7-11,13-14H2,1H3,(H,20,23)/t15-/m1/s1. The second-order valence-electron chi connectivity index (χ2n) is 7.11. The van der Waals surface area contributed by atoms with Crippen LogP contribution in [0.1, 0.15) is 42.3 Å². The van der Waals surface area contributed by atoms with Gasteiger partial charge in [-0.1, -0.05) is 6.07 Å². The van der Waals surface area contributed by atoms with Gasteiger partial charge in [0.05, 0.1) is 11.5 Å². The van der Waals surface area contributed by atoms with Gasteiger partial charge in [0.2, 0.25) is 0 Å². The number of ether oxygens (including phenoxy) is 1. The summed E-state index contributed by atoms with van der Waals surface area (Å²) in [6, 6.07) is 4.31. The van der Waals surface area contributed by atoms with Crippen molar-refractivity contribution < 1.29 is 14.3 Å². The van der Waals surface area contributed by atoms with E-state index in [1.165, 1.54) is 24.2 Å². The van der Waals surface area contributed by atoms with Crippen LogP contribution in [0, 0.1) is 5.92 Å². The smallest absolute Gasteiger partial charge is 0.409 e. The molecule has 2 amide bonds. The summed E-state index contributed by atoms with van der Waals surface area (Å²) in [7, 11) is 0. The largest absolute Gasteiger partial charge is 0.450 e. The minimum Gasteiger partial charge on any atom is -0.450 e. The van der Waals surface area contributed by atoms with Gasteiger partial charge in [0.1, 0.15) is 0 Å². The average molecular weight is 380 g/mol. The summed E-state index contributed by atoms with van der Waals surface area (Å²) in [4.78, 5) is 29.1. The van der Waals surface area contributed by atoms with Crippen molar-refractivity contribution in [3.05, 3.63) is 22.4 Å². The van der Waals surface area contributed by atoms with Crippen molar-refractivity contribution in [3.8, 4) is 0 Å². The van der Waals surface area contributed by atoms with Gasteiger partial charge in [-0.25, -0.2) is 4.79 Å². The highest BCUT2D eigenvalue weighted by molar-refractivity contribution is 7.12. The van der Waals surface area contributed by atoms with Gasteiger partial charge in [-0.3, -0.25) is 9.69 Å². The summed E-state index contributed by atoms with van der Waals surface area (Å²) < 4.78 is 5.10. The number of piperidine rings is 2. The Bertz CT molecular complexity index is 585. The molecule has 0 aromatic carbocycles. The SMILES string of the molecule is CCOC(=O)N1CCC(N2CCC[C@H](CNC(=O)c3cccs3)C2)CC1. The van der Waals surface area contributed by atoms with E-state index in [9.17, 15) is 9.59 Å². The van der Waals surface area contributed by atoms with E-state index in [-0.39, 0.29) is 12.0 Å². The molecule has 1 atom stereocenters. The van der Waals surface area contributed by atoms with Crippen LogP contribution in [0.2, 0.25) is 0 Å². The van der Waals surface area contributed by atoms with Gasteiger partial charge in [-0.15, -0.1) is 11.3 Å². The molecule has 2 aliphatic heterocycles. The molecule has 0 saturated carbocycles. The fraction of sp³-hybridized carbons (Fsp3) is 0.684. The van der Waals surface area contributed by atoms with E-state index in [0.29, 0.717) is 18.6 Å². The number of carbonyl (C=O) groups excluding carboxylic acids is 2. The molecule has 2 aliphatic rings. The van der Waals surface area contributed by atoms with Crippen molar-refractivity contribution >= 4 is 23.3 Å². The molecule has 2 fully saturated rings. The zero-order valence-corrected chi connectivity index (χ0v) is 16.3. The Morgan fingerprint density at radius 2 is 2.08 bits per heavy atom. The first-order chi connectivity index (χ1) is 12.7. The Kier molecular flexibility index (Phi) is 6.91. The molecule has 0 bridgehead atoms. The fourth-order valence-electron chi connectivity index (χ4n) is 3.96. The van der Waals surface area contributed by atoms with Crippen LogP contribution in [-0.4, -0.2) is 67.2 Å². The number of likely N-dealkylation sites (tertiary alicyclic amines) is 2. The normalized spacial score (nSPS) is 22.2. The maximum atomic E-state index is 12.1. The molecule has 144 valence electrons. The third-order valence-electron chi connectivity index (χ3n) is 5.35. The zero-order chi connectivity index (χ0) is 18.4. The van der Waals surface area contributed by atoms with E-state index in [2.05, 4.69) is 10.2 Å². The van der Waals surface area contributed by atoms with E-state index in [1.807, 2.05) is 29.3 Å². The van der Waals surface area contributed by atoms with E-state index >= 15 is 0 Å². The van der Waals surface area contributed by atoms with E-state index in [4.69, 9.17) is 4.74 Å². The van der Waals surface area contributed by atoms with Crippen molar-refractivity contribution in [3.63, 3.8) is 0 Å². The number of nitrogens with zero attached hydrogens (tertiary/aromatic N) is 2. The topological polar surface area (TPSA) is 61.9 Å². The molecule has 0 aliphatic carbocycles. The van der Waals surface area contributed by atoms with E-state index < -0.39 is 0 Å². The van der Waals surface area contributed by atoms with E-state index in [1.54, 1.807) is 0 Å². The molecular weight excluding hydrogens is 350 g/mol. The third-order valence-corrected chi connectivity index (χ3v) is 6.22. The molecule has 6 nitrogen and oxygen atoms in total. The third kappa shape index (κ3) is 4.98. The van der Waals surface area contributed by atoms with Crippen molar-refractivity contribution in [1.29, 1.82) is 0 Å². The number of hydrogen-bond donors (Lipinski definition) is 1. The molecule has 7 heteroatoms. The Labute approximate surface area is 159 Å². The molecule has 3 heterocycles. The van der Waals surface area contributed by atoms with Gasteiger partial charge in [-0.05, 0) is 56.5 Å². The summed E-state index contributed by atoms with van der Waals surface area (Å²) in [5, 5.41) is 5.02. The lowest BCUT2D eigenvalue weighted by Gasteiger charge is -2.42. The van der Waals surface area contributed by atoms with Crippen molar-refractivity contribution in [2.24, 2.45) is 5.92 Å². The molecule has 1 aromatic rings. The maximum absolute atomic E-state index is 12.1. The van der Waals surface area contributed by atoms with Crippen LogP contribution in [-0.2, 0) is 4.74 Å². The van der Waals surface area contributed by atoms with Crippen LogP contribution in [0.25, 0.3) is 0 Å². The number of amides is 2. The first-order valence-corrected chi connectivity index (χ1v) is 10.5. The summed E-state index contributed by atoms with van der Waals surface area (Å²) in [5.41, 5.74) is 0. The Morgan fingerprint density at radius 1 is 1.27 bits per heavy atom. The van der Waals surface area contributed by atoms with Crippen LogP contribution in [0.3, 0.4) is 0 Å². The monoisotopic (exact) mass is 379 g/mol. The number of hydrogen-bond acceptors (Lipinski definition) is 5.